The SMILES string of the molecule is Cc1ccc(OCC(=O)NCC(C)C)c2c1[C@H](C)CC2=O. The molecule has 0 fully saturated rings. The Labute approximate surface area is 125 Å². The summed E-state index contributed by atoms with van der Waals surface area (Å²) in [6.07, 6.45) is 0.524. The van der Waals surface area contributed by atoms with E-state index in [1.807, 2.05) is 26.8 Å². The second-order valence-corrected chi connectivity index (χ2v) is 6.18. The number of hydrogen-bond donors (Lipinski definition) is 1. The minimum absolute atomic E-state index is 0.0517. The lowest BCUT2D eigenvalue weighted by atomic mass is 9.97. The van der Waals surface area contributed by atoms with Crippen LogP contribution in [0.3, 0.4) is 0 Å². The molecule has 1 aromatic carbocycles. The number of carbonyl (C=O) groups is 2. The first-order valence-electron chi connectivity index (χ1n) is 7.46. The fourth-order valence-electron chi connectivity index (χ4n) is 2.74. The molecule has 1 aromatic rings. The van der Waals surface area contributed by atoms with E-state index >= 15 is 0 Å². The molecule has 1 aliphatic carbocycles. The van der Waals surface area contributed by atoms with Gasteiger partial charge in [0.25, 0.3) is 5.91 Å². The smallest absolute Gasteiger partial charge is 0.257 e. The van der Waals surface area contributed by atoms with Gasteiger partial charge in [0.1, 0.15) is 5.75 Å². The zero-order valence-electron chi connectivity index (χ0n) is 13.2. The number of hydrogen-bond acceptors (Lipinski definition) is 3. The van der Waals surface area contributed by atoms with E-state index in [0.717, 1.165) is 11.1 Å². The number of nitrogens with one attached hydrogen (secondary N) is 1. The van der Waals surface area contributed by atoms with E-state index in [1.165, 1.54) is 0 Å². The molecule has 0 spiro atoms. The summed E-state index contributed by atoms with van der Waals surface area (Å²) >= 11 is 0. The summed E-state index contributed by atoms with van der Waals surface area (Å²) in [6, 6.07) is 3.75. The summed E-state index contributed by atoms with van der Waals surface area (Å²) in [5.41, 5.74) is 2.85. The van der Waals surface area contributed by atoms with Gasteiger partial charge >= 0.3 is 0 Å². The number of rotatable bonds is 5. The van der Waals surface area contributed by atoms with Crippen molar-refractivity contribution in [1.29, 1.82) is 0 Å². The first kappa shape index (κ1) is 15.5. The molecule has 1 N–H and O–H groups in total. The van der Waals surface area contributed by atoms with Crippen molar-refractivity contribution in [1.82, 2.24) is 5.32 Å². The highest BCUT2D eigenvalue weighted by Gasteiger charge is 2.31. The number of benzene rings is 1. The standard InChI is InChI=1S/C17H23NO3/c1-10(2)8-18-15(20)9-21-14-6-5-11(3)16-12(4)7-13(19)17(14)16/h5-6,10,12H,7-9H2,1-4H3,(H,18,20)/t12-/m1/s1. The van der Waals surface area contributed by atoms with Crippen LogP contribution in [0, 0.1) is 12.8 Å². The third-order valence-corrected chi connectivity index (χ3v) is 3.75. The predicted octanol–water partition coefficient (Wildman–Crippen LogP) is 2.84. The van der Waals surface area contributed by atoms with Crippen LogP contribution in [0.4, 0.5) is 0 Å². The van der Waals surface area contributed by atoms with Gasteiger partial charge in [-0.05, 0) is 36.0 Å². The van der Waals surface area contributed by atoms with Crippen molar-refractivity contribution in [2.24, 2.45) is 5.92 Å². The molecule has 4 heteroatoms. The van der Waals surface area contributed by atoms with Crippen molar-refractivity contribution in [2.75, 3.05) is 13.2 Å². The Morgan fingerprint density at radius 2 is 2.14 bits per heavy atom. The minimum atomic E-state index is -0.156. The average molecular weight is 289 g/mol. The Hall–Kier alpha value is -1.84. The molecule has 4 nitrogen and oxygen atoms in total. The van der Waals surface area contributed by atoms with E-state index in [-0.39, 0.29) is 24.2 Å². The zero-order valence-corrected chi connectivity index (χ0v) is 13.2. The summed E-state index contributed by atoms with van der Waals surface area (Å²) in [4.78, 5) is 23.8. The van der Waals surface area contributed by atoms with Crippen LogP contribution in [0.5, 0.6) is 5.75 Å². The Balaban J connectivity index is 2.09. The predicted molar refractivity (Wildman–Crippen MR) is 81.9 cm³/mol. The number of aryl methyl sites for hydroxylation is 1. The molecule has 1 aliphatic rings. The summed E-state index contributed by atoms with van der Waals surface area (Å²) in [7, 11) is 0. The fourth-order valence-corrected chi connectivity index (χ4v) is 2.74. The van der Waals surface area contributed by atoms with Crippen molar-refractivity contribution < 1.29 is 14.3 Å². The lowest BCUT2D eigenvalue weighted by Gasteiger charge is -2.13. The molecule has 0 radical (unpaired) electrons. The molecule has 0 bridgehead atoms. The molecule has 114 valence electrons. The van der Waals surface area contributed by atoms with E-state index in [2.05, 4.69) is 12.2 Å². The fraction of sp³-hybridized carbons (Fsp3) is 0.529. The number of fused-ring (bicyclic) bond motifs is 1. The quantitative estimate of drug-likeness (QED) is 0.907. The van der Waals surface area contributed by atoms with Crippen LogP contribution in [-0.4, -0.2) is 24.8 Å². The Bertz CT molecular complexity index is 563. The van der Waals surface area contributed by atoms with Crippen LogP contribution in [0.15, 0.2) is 12.1 Å². The summed E-state index contributed by atoms with van der Waals surface area (Å²) in [5, 5.41) is 2.80. The second-order valence-electron chi connectivity index (χ2n) is 6.18. The van der Waals surface area contributed by atoms with Gasteiger partial charge in [0.05, 0.1) is 5.56 Å². The number of carbonyl (C=O) groups excluding carboxylic acids is 2. The topological polar surface area (TPSA) is 55.4 Å². The van der Waals surface area contributed by atoms with Crippen LogP contribution in [0.2, 0.25) is 0 Å². The molecular weight excluding hydrogens is 266 g/mol. The van der Waals surface area contributed by atoms with E-state index in [4.69, 9.17) is 4.74 Å². The summed E-state index contributed by atoms with van der Waals surface area (Å²) < 4.78 is 5.58. The maximum Gasteiger partial charge on any atom is 0.257 e. The van der Waals surface area contributed by atoms with Crippen molar-refractivity contribution >= 4 is 11.7 Å². The van der Waals surface area contributed by atoms with Gasteiger partial charge in [0.2, 0.25) is 0 Å². The van der Waals surface area contributed by atoms with E-state index in [0.29, 0.717) is 30.2 Å². The van der Waals surface area contributed by atoms with E-state index in [9.17, 15) is 9.59 Å². The molecule has 2 rings (SSSR count). The largest absolute Gasteiger partial charge is 0.483 e. The summed E-state index contributed by atoms with van der Waals surface area (Å²) in [5.74, 6) is 1.12. The zero-order chi connectivity index (χ0) is 15.6. The Morgan fingerprint density at radius 1 is 1.43 bits per heavy atom. The van der Waals surface area contributed by atoms with Gasteiger partial charge in [0, 0.05) is 13.0 Å². The molecule has 0 saturated carbocycles. The maximum absolute atomic E-state index is 12.1. The van der Waals surface area contributed by atoms with Crippen LogP contribution < -0.4 is 10.1 Å². The van der Waals surface area contributed by atoms with Gasteiger partial charge in [-0.15, -0.1) is 0 Å². The van der Waals surface area contributed by atoms with Gasteiger partial charge in [-0.3, -0.25) is 9.59 Å². The average Bonchev–Trinajstić information content (AvgIpc) is 2.72. The van der Waals surface area contributed by atoms with Crippen LogP contribution in [-0.2, 0) is 4.79 Å². The van der Waals surface area contributed by atoms with Gasteiger partial charge in [-0.1, -0.05) is 26.8 Å². The van der Waals surface area contributed by atoms with Gasteiger partial charge < -0.3 is 10.1 Å². The highest BCUT2D eigenvalue weighted by atomic mass is 16.5. The molecule has 0 saturated heterocycles. The van der Waals surface area contributed by atoms with Gasteiger partial charge in [0.15, 0.2) is 12.4 Å². The first-order chi connectivity index (χ1) is 9.90. The highest BCUT2D eigenvalue weighted by molar-refractivity contribution is 6.04. The van der Waals surface area contributed by atoms with Crippen molar-refractivity contribution in [3.05, 3.63) is 28.8 Å². The molecule has 1 amide bonds. The van der Waals surface area contributed by atoms with Gasteiger partial charge in [-0.2, -0.15) is 0 Å². The molecule has 21 heavy (non-hydrogen) atoms. The monoisotopic (exact) mass is 289 g/mol. The lowest BCUT2D eigenvalue weighted by Crippen LogP contribution is -2.31. The van der Waals surface area contributed by atoms with E-state index < -0.39 is 0 Å². The van der Waals surface area contributed by atoms with Crippen LogP contribution in [0.1, 0.15) is 54.6 Å². The molecule has 1 atom stereocenters. The molecule has 0 aromatic heterocycles. The molecule has 0 heterocycles. The Kier molecular flexibility index (Phi) is 4.66. The van der Waals surface area contributed by atoms with Gasteiger partial charge in [-0.25, -0.2) is 0 Å². The van der Waals surface area contributed by atoms with Crippen molar-refractivity contribution in [3.8, 4) is 5.75 Å². The number of ketones is 1. The third-order valence-electron chi connectivity index (χ3n) is 3.75. The Morgan fingerprint density at radius 3 is 2.81 bits per heavy atom. The maximum atomic E-state index is 12.1. The number of amides is 1. The van der Waals surface area contributed by atoms with Crippen LogP contribution >= 0.6 is 0 Å². The first-order valence-corrected chi connectivity index (χ1v) is 7.46. The third kappa shape index (κ3) is 3.43. The van der Waals surface area contributed by atoms with Crippen molar-refractivity contribution in [3.63, 3.8) is 0 Å². The lowest BCUT2D eigenvalue weighted by molar-refractivity contribution is -0.123. The minimum Gasteiger partial charge on any atom is -0.483 e. The van der Waals surface area contributed by atoms with Crippen LogP contribution in [0.25, 0.3) is 0 Å². The second kappa shape index (κ2) is 6.29. The molecule has 0 unspecified atom stereocenters. The highest BCUT2D eigenvalue weighted by Crippen LogP contribution is 2.40. The van der Waals surface area contributed by atoms with E-state index in [1.54, 1.807) is 6.07 Å². The summed E-state index contributed by atoms with van der Waals surface area (Å²) in [6.45, 7) is 8.71. The molecular formula is C17H23NO3. The van der Waals surface area contributed by atoms with Crippen molar-refractivity contribution in [2.45, 2.75) is 40.0 Å². The normalized spacial score (nSPS) is 17.0. The molecule has 0 aliphatic heterocycles. The number of ether oxygens (including phenoxy) is 1. The number of Topliss-reactive ketones (excluding diaryl/α,β-unsaturated/α-hetero) is 1.